The maximum absolute atomic E-state index is 12.9. The molecular weight excluding hydrogens is 416 g/mol. The van der Waals surface area contributed by atoms with E-state index in [9.17, 15) is 4.79 Å². The molecule has 0 aliphatic heterocycles. The minimum atomic E-state index is 0.00392. The fourth-order valence-electron chi connectivity index (χ4n) is 2.85. The molecule has 1 aromatic carbocycles. The van der Waals surface area contributed by atoms with E-state index in [1.807, 2.05) is 32.9 Å². The van der Waals surface area contributed by atoms with Crippen molar-refractivity contribution < 1.29 is 4.52 Å². The van der Waals surface area contributed by atoms with E-state index in [4.69, 9.17) is 21.1 Å². The Kier molecular flexibility index (Phi) is 5.27. The highest BCUT2D eigenvalue weighted by molar-refractivity contribution is 7.98. The first-order chi connectivity index (χ1) is 13.5. The van der Waals surface area contributed by atoms with Crippen molar-refractivity contribution in [1.29, 1.82) is 0 Å². The zero-order valence-corrected chi connectivity index (χ0v) is 17.9. The average molecular weight is 433 g/mol. The van der Waals surface area contributed by atoms with Crippen LogP contribution in [0.5, 0.6) is 0 Å². The summed E-state index contributed by atoms with van der Waals surface area (Å²) in [6, 6.07) is 7.25. The minimum absolute atomic E-state index is 0.00392. The summed E-state index contributed by atoms with van der Waals surface area (Å²) < 4.78 is 7.06. The zero-order chi connectivity index (χ0) is 19.8. The summed E-state index contributed by atoms with van der Waals surface area (Å²) >= 11 is 8.89. The molecule has 0 bridgehead atoms. The lowest BCUT2D eigenvalue weighted by molar-refractivity contribution is 0.391. The van der Waals surface area contributed by atoms with Gasteiger partial charge in [-0.2, -0.15) is 4.98 Å². The average Bonchev–Trinajstić information content (AvgIpc) is 3.26. The Morgan fingerprint density at radius 3 is 2.68 bits per heavy atom. The summed E-state index contributed by atoms with van der Waals surface area (Å²) in [6.45, 7) is 6.49. The number of hydrogen-bond donors (Lipinski definition) is 0. The van der Waals surface area contributed by atoms with Crippen molar-refractivity contribution >= 4 is 44.9 Å². The second-order valence-corrected chi connectivity index (χ2v) is 8.80. The quantitative estimate of drug-likeness (QED) is 0.323. The van der Waals surface area contributed by atoms with Crippen LogP contribution in [0.25, 0.3) is 21.6 Å². The maximum Gasteiger partial charge on any atom is 0.263 e. The van der Waals surface area contributed by atoms with E-state index in [-0.39, 0.29) is 5.56 Å². The predicted molar refractivity (Wildman–Crippen MR) is 113 cm³/mol. The fourth-order valence-corrected chi connectivity index (χ4v) is 4.95. The molecule has 3 aromatic heterocycles. The van der Waals surface area contributed by atoms with Crippen LogP contribution in [0.4, 0.5) is 0 Å². The Morgan fingerprint density at radius 1 is 1.21 bits per heavy atom. The molecule has 144 valence electrons. The predicted octanol–water partition coefficient (Wildman–Crippen LogP) is 5.09. The Balaban J connectivity index is 1.61. The zero-order valence-electron chi connectivity index (χ0n) is 15.5. The Labute approximate surface area is 174 Å². The van der Waals surface area contributed by atoms with Crippen molar-refractivity contribution in [2.45, 2.75) is 38.2 Å². The van der Waals surface area contributed by atoms with Gasteiger partial charge in [0.25, 0.3) is 5.56 Å². The van der Waals surface area contributed by atoms with Gasteiger partial charge in [0.2, 0.25) is 11.7 Å². The number of benzene rings is 1. The van der Waals surface area contributed by atoms with Gasteiger partial charge in [0, 0.05) is 22.0 Å². The highest BCUT2D eigenvalue weighted by Crippen LogP contribution is 2.29. The monoisotopic (exact) mass is 432 g/mol. The van der Waals surface area contributed by atoms with Gasteiger partial charge in [0.05, 0.1) is 11.1 Å². The third kappa shape index (κ3) is 3.47. The van der Waals surface area contributed by atoms with Crippen molar-refractivity contribution in [1.82, 2.24) is 19.7 Å². The number of aryl methyl sites for hydroxylation is 2. The highest BCUT2D eigenvalue weighted by Gasteiger charge is 2.17. The van der Waals surface area contributed by atoms with Crippen molar-refractivity contribution in [2.75, 3.05) is 0 Å². The minimum Gasteiger partial charge on any atom is -0.338 e. The van der Waals surface area contributed by atoms with Crippen LogP contribution in [0.1, 0.15) is 23.3 Å². The number of rotatable bonds is 5. The van der Waals surface area contributed by atoms with Crippen LogP contribution in [-0.2, 0) is 12.3 Å². The van der Waals surface area contributed by atoms with Crippen LogP contribution in [0, 0.1) is 13.8 Å². The Hall–Kier alpha value is -2.16. The number of hydrogen-bond acceptors (Lipinski definition) is 7. The second kappa shape index (κ2) is 7.69. The SMILES string of the molecule is CCn1c(SCc2nc(-c3ccc(Cl)cc3)no2)nc2sc(C)c(C)c2c1=O. The summed E-state index contributed by atoms with van der Waals surface area (Å²) in [5, 5.41) is 6.06. The van der Waals surface area contributed by atoms with Gasteiger partial charge >= 0.3 is 0 Å². The van der Waals surface area contributed by atoms with E-state index in [1.54, 1.807) is 28.0 Å². The molecular formula is C19H17ClN4O2S2. The summed E-state index contributed by atoms with van der Waals surface area (Å²) in [6.07, 6.45) is 0. The highest BCUT2D eigenvalue weighted by atomic mass is 35.5. The lowest BCUT2D eigenvalue weighted by Gasteiger charge is -2.08. The maximum atomic E-state index is 12.9. The van der Waals surface area contributed by atoms with Gasteiger partial charge in [0.15, 0.2) is 5.16 Å². The normalized spacial score (nSPS) is 11.4. The molecule has 9 heteroatoms. The summed E-state index contributed by atoms with van der Waals surface area (Å²) in [5.74, 6) is 1.42. The first-order valence-electron chi connectivity index (χ1n) is 8.69. The van der Waals surface area contributed by atoms with Crippen LogP contribution in [0.15, 0.2) is 38.7 Å². The first-order valence-corrected chi connectivity index (χ1v) is 10.9. The molecule has 0 unspecified atom stereocenters. The number of thiophene rings is 1. The summed E-state index contributed by atoms with van der Waals surface area (Å²) in [7, 11) is 0. The summed E-state index contributed by atoms with van der Waals surface area (Å²) in [4.78, 5) is 23.9. The van der Waals surface area contributed by atoms with E-state index in [0.717, 1.165) is 26.2 Å². The summed E-state index contributed by atoms with van der Waals surface area (Å²) in [5.41, 5.74) is 1.85. The second-order valence-electron chi connectivity index (χ2n) is 6.21. The molecule has 0 fully saturated rings. The molecule has 0 saturated carbocycles. The molecule has 0 atom stereocenters. The van der Waals surface area contributed by atoms with Gasteiger partial charge in [0.1, 0.15) is 4.83 Å². The number of halogens is 1. The van der Waals surface area contributed by atoms with Gasteiger partial charge in [-0.3, -0.25) is 9.36 Å². The third-order valence-electron chi connectivity index (χ3n) is 4.47. The lowest BCUT2D eigenvalue weighted by atomic mass is 10.2. The van der Waals surface area contributed by atoms with E-state index in [1.165, 1.54) is 11.8 Å². The number of aromatic nitrogens is 4. The Bertz CT molecular complexity index is 1210. The smallest absolute Gasteiger partial charge is 0.263 e. The topological polar surface area (TPSA) is 73.8 Å². The molecule has 0 radical (unpaired) electrons. The standard InChI is InChI=1S/C19H17ClN4O2S2/c1-4-24-18(25)15-10(2)11(3)28-17(15)22-19(24)27-9-14-21-16(23-26-14)12-5-7-13(20)8-6-12/h5-8H,4,9H2,1-3H3. The van der Waals surface area contributed by atoms with Crippen LogP contribution in [0.2, 0.25) is 5.02 Å². The van der Waals surface area contributed by atoms with Crippen molar-refractivity contribution in [3.63, 3.8) is 0 Å². The van der Waals surface area contributed by atoms with Crippen molar-refractivity contribution in [3.8, 4) is 11.4 Å². The van der Waals surface area contributed by atoms with Gasteiger partial charge in [-0.1, -0.05) is 28.5 Å². The molecule has 0 amide bonds. The van der Waals surface area contributed by atoms with Gasteiger partial charge < -0.3 is 4.52 Å². The van der Waals surface area contributed by atoms with E-state index >= 15 is 0 Å². The van der Waals surface area contributed by atoms with E-state index in [2.05, 4.69) is 10.1 Å². The number of nitrogens with zero attached hydrogens (tertiary/aromatic N) is 4. The van der Waals surface area contributed by atoms with E-state index < -0.39 is 0 Å². The molecule has 0 aliphatic rings. The van der Waals surface area contributed by atoms with Crippen LogP contribution < -0.4 is 5.56 Å². The first kappa shape index (κ1) is 19.2. The van der Waals surface area contributed by atoms with Gasteiger partial charge in [-0.05, 0) is 50.6 Å². The van der Waals surface area contributed by atoms with Crippen molar-refractivity contribution in [2.24, 2.45) is 0 Å². The molecule has 4 aromatic rings. The molecule has 3 heterocycles. The van der Waals surface area contributed by atoms with Crippen LogP contribution >= 0.6 is 34.7 Å². The molecule has 0 spiro atoms. The number of thioether (sulfide) groups is 1. The molecule has 0 N–H and O–H groups in total. The molecule has 0 aliphatic carbocycles. The lowest BCUT2D eigenvalue weighted by Crippen LogP contribution is -2.22. The fraction of sp³-hybridized carbons (Fsp3) is 0.263. The molecule has 28 heavy (non-hydrogen) atoms. The molecule has 6 nitrogen and oxygen atoms in total. The molecule has 4 rings (SSSR count). The van der Waals surface area contributed by atoms with Crippen molar-refractivity contribution in [3.05, 3.63) is 56.0 Å². The van der Waals surface area contributed by atoms with E-state index in [0.29, 0.717) is 34.2 Å². The number of fused-ring (bicyclic) bond motifs is 1. The van der Waals surface area contributed by atoms with Crippen LogP contribution in [0.3, 0.4) is 0 Å². The third-order valence-corrected chi connectivity index (χ3v) is 6.78. The molecule has 0 saturated heterocycles. The Morgan fingerprint density at radius 2 is 1.96 bits per heavy atom. The largest absolute Gasteiger partial charge is 0.338 e. The van der Waals surface area contributed by atoms with Crippen LogP contribution in [-0.4, -0.2) is 19.7 Å². The van der Waals surface area contributed by atoms with Gasteiger partial charge in [-0.25, -0.2) is 4.98 Å². The van der Waals surface area contributed by atoms with Gasteiger partial charge in [-0.15, -0.1) is 11.3 Å².